The highest BCUT2D eigenvalue weighted by Gasteiger charge is 2.31. The lowest BCUT2D eigenvalue weighted by molar-refractivity contribution is -0.121. The molecule has 7 nitrogen and oxygen atoms in total. The summed E-state index contributed by atoms with van der Waals surface area (Å²) >= 11 is 6.69. The second-order valence-corrected chi connectivity index (χ2v) is 7.42. The average molecular weight is 433 g/mol. The quantitative estimate of drug-likeness (QED) is 0.693. The summed E-state index contributed by atoms with van der Waals surface area (Å²) in [6, 6.07) is 11.7. The summed E-state index contributed by atoms with van der Waals surface area (Å²) in [4.78, 5) is 37.1. The van der Waals surface area contributed by atoms with Gasteiger partial charge in [0.25, 0.3) is 17.1 Å². The first-order valence-electron chi connectivity index (χ1n) is 8.45. The Balaban J connectivity index is 1.66. The number of benzene rings is 2. The van der Waals surface area contributed by atoms with Gasteiger partial charge in [-0.2, -0.15) is 0 Å². The number of hydrogen-bond donors (Lipinski definition) is 1. The minimum atomic E-state index is -0.349. The first-order chi connectivity index (χ1) is 13.9. The molecule has 0 aliphatic carbocycles. The molecule has 1 aliphatic rings. The number of ether oxygens (including phenoxy) is 2. The normalized spacial score (nSPS) is 15.0. The summed E-state index contributed by atoms with van der Waals surface area (Å²) in [5.74, 6) is 0.0847. The first kappa shape index (κ1) is 20.8. The van der Waals surface area contributed by atoms with E-state index in [-0.39, 0.29) is 23.7 Å². The molecular formula is C20H17ClN2O5S. The number of nitrogens with one attached hydrogen (secondary N) is 1. The van der Waals surface area contributed by atoms with E-state index in [0.717, 1.165) is 16.7 Å². The first-order valence-corrected chi connectivity index (χ1v) is 9.64. The van der Waals surface area contributed by atoms with Gasteiger partial charge < -0.3 is 14.8 Å². The third-order valence-corrected chi connectivity index (χ3v) is 5.17. The summed E-state index contributed by atoms with van der Waals surface area (Å²) < 4.78 is 10.9. The van der Waals surface area contributed by atoms with Gasteiger partial charge in [0.2, 0.25) is 0 Å². The van der Waals surface area contributed by atoms with Gasteiger partial charge in [-0.15, -0.1) is 0 Å². The fourth-order valence-electron chi connectivity index (χ4n) is 2.46. The van der Waals surface area contributed by atoms with Gasteiger partial charge in [0.1, 0.15) is 0 Å². The summed E-state index contributed by atoms with van der Waals surface area (Å²) in [5.41, 5.74) is 1.27. The number of anilines is 1. The minimum absolute atomic E-state index is 0.215. The van der Waals surface area contributed by atoms with Crippen LogP contribution in [0.25, 0.3) is 6.08 Å². The van der Waals surface area contributed by atoms with Crippen molar-refractivity contribution < 1.29 is 23.9 Å². The monoisotopic (exact) mass is 432 g/mol. The maximum Gasteiger partial charge on any atom is 0.293 e. The summed E-state index contributed by atoms with van der Waals surface area (Å²) in [6.07, 6.45) is 1.61. The van der Waals surface area contributed by atoms with Crippen LogP contribution in [0.2, 0.25) is 5.02 Å². The molecule has 29 heavy (non-hydrogen) atoms. The van der Waals surface area contributed by atoms with Gasteiger partial charge in [-0.1, -0.05) is 17.7 Å². The molecule has 9 heteroatoms. The number of carbonyl (C=O) groups excluding carboxylic acids is 3. The molecule has 0 atom stereocenters. The number of carbonyl (C=O) groups is 3. The lowest BCUT2D eigenvalue weighted by Gasteiger charge is -2.12. The average Bonchev–Trinajstić information content (AvgIpc) is 2.95. The van der Waals surface area contributed by atoms with Crippen LogP contribution in [0.1, 0.15) is 5.56 Å². The molecule has 1 fully saturated rings. The van der Waals surface area contributed by atoms with Crippen LogP contribution in [0.15, 0.2) is 47.4 Å². The maximum absolute atomic E-state index is 12.1. The SMILES string of the molecule is COc1cc(C=C2SC(=O)N(C)C2=O)ccc1OCC(=O)Nc1ccc(Cl)cc1. The van der Waals surface area contributed by atoms with Crippen molar-refractivity contribution >= 4 is 52.2 Å². The van der Waals surface area contributed by atoms with Crippen molar-refractivity contribution in [2.24, 2.45) is 0 Å². The third kappa shape index (κ3) is 5.10. The Morgan fingerprint density at radius 2 is 1.90 bits per heavy atom. The molecule has 1 heterocycles. The van der Waals surface area contributed by atoms with Crippen molar-refractivity contribution in [2.45, 2.75) is 0 Å². The molecule has 0 spiro atoms. The number of imide groups is 1. The fraction of sp³-hybridized carbons (Fsp3) is 0.150. The zero-order valence-electron chi connectivity index (χ0n) is 15.6. The van der Waals surface area contributed by atoms with Gasteiger partial charge in [-0.05, 0) is 59.8 Å². The lowest BCUT2D eigenvalue weighted by Crippen LogP contribution is -2.22. The fourth-order valence-corrected chi connectivity index (χ4v) is 3.42. The largest absolute Gasteiger partial charge is 0.493 e. The molecule has 0 unspecified atom stereocenters. The number of thioether (sulfide) groups is 1. The molecule has 1 saturated heterocycles. The van der Waals surface area contributed by atoms with E-state index in [2.05, 4.69) is 5.32 Å². The molecule has 3 amide bonds. The molecule has 1 N–H and O–H groups in total. The standard InChI is InChI=1S/C20H17ClN2O5S/c1-23-19(25)17(29-20(23)26)10-12-3-8-15(16(9-12)27-2)28-11-18(24)22-14-6-4-13(21)5-7-14/h3-10H,11H2,1-2H3,(H,22,24). The van der Waals surface area contributed by atoms with Gasteiger partial charge in [-0.3, -0.25) is 19.3 Å². The highest BCUT2D eigenvalue weighted by atomic mass is 35.5. The maximum atomic E-state index is 12.1. The molecule has 0 aromatic heterocycles. The zero-order chi connectivity index (χ0) is 21.0. The minimum Gasteiger partial charge on any atom is -0.493 e. The van der Waals surface area contributed by atoms with Crippen LogP contribution in [0.5, 0.6) is 11.5 Å². The molecule has 2 aromatic carbocycles. The smallest absolute Gasteiger partial charge is 0.293 e. The second-order valence-electron chi connectivity index (χ2n) is 5.99. The van der Waals surface area contributed by atoms with E-state index in [4.69, 9.17) is 21.1 Å². The van der Waals surface area contributed by atoms with Crippen molar-refractivity contribution in [2.75, 3.05) is 26.1 Å². The van der Waals surface area contributed by atoms with Gasteiger partial charge >= 0.3 is 0 Å². The van der Waals surface area contributed by atoms with Gasteiger partial charge in [-0.25, -0.2) is 0 Å². The molecule has 0 saturated carbocycles. The molecule has 3 rings (SSSR count). The van der Waals surface area contributed by atoms with Gasteiger partial charge in [0.05, 0.1) is 12.0 Å². The number of likely N-dealkylation sites (N-methyl/N-ethyl adjacent to an activating group) is 1. The van der Waals surface area contributed by atoms with Gasteiger partial charge in [0, 0.05) is 17.8 Å². The number of rotatable bonds is 6. The molecule has 150 valence electrons. The second kappa shape index (κ2) is 9.02. The van der Waals surface area contributed by atoms with Crippen LogP contribution in [-0.2, 0) is 9.59 Å². The number of amides is 3. The third-order valence-electron chi connectivity index (χ3n) is 3.96. The predicted octanol–water partition coefficient (Wildman–Crippen LogP) is 4.03. The Morgan fingerprint density at radius 1 is 1.17 bits per heavy atom. The van der Waals surface area contributed by atoms with Crippen LogP contribution in [0.4, 0.5) is 10.5 Å². The Kier molecular flexibility index (Phi) is 6.46. The van der Waals surface area contributed by atoms with Crippen molar-refractivity contribution in [1.29, 1.82) is 0 Å². The predicted molar refractivity (Wildman–Crippen MR) is 112 cm³/mol. The van der Waals surface area contributed by atoms with Crippen LogP contribution >= 0.6 is 23.4 Å². The van der Waals surface area contributed by atoms with E-state index in [9.17, 15) is 14.4 Å². The molecular weight excluding hydrogens is 416 g/mol. The summed E-state index contributed by atoms with van der Waals surface area (Å²) in [7, 11) is 2.91. The van der Waals surface area contributed by atoms with Crippen molar-refractivity contribution in [1.82, 2.24) is 4.90 Å². The topological polar surface area (TPSA) is 84.9 Å². The van der Waals surface area contributed by atoms with Crippen molar-refractivity contribution in [3.8, 4) is 11.5 Å². The number of hydrogen-bond acceptors (Lipinski definition) is 6. The lowest BCUT2D eigenvalue weighted by atomic mass is 10.2. The molecule has 0 radical (unpaired) electrons. The van der Waals surface area contributed by atoms with Crippen molar-refractivity contribution in [3.05, 3.63) is 58.0 Å². The Labute approximate surface area is 176 Å². The van der Waals surface area contributed by atoms with Gasteiger partial charge in [0.15, 0.2) is 18.1 Å². The van der Waals surface area contributed by atoms with Crippen molar-refractivity contribution in [3.63, 3.8) is 0 Å². The Hall–Kier alpha value is -2.97. The Bertz CT molecular complexity index is 991. The van der Waals surface area contributed by atoms with E-state index in [1.54, 1.807) is 48.5 Å². The Morgan fingerprint density at radius 3 is 2.52 bits per heavy atom. The summed E-state index contributed by atoms with van der Waals surface area (Å²) in [5, 5.41) is 2.96. The summed E-state index contributed by atoms with van der Waals surface area (Å²) in [6.45, 7) is -0.215. The van der Waals surface area contributed by atoms with E-state index in [0.29, 0.717) is 32.7 Å². The number of methoxy groups -OCH3 is 1. The number of nitrogens with zero attached hydrogens (tertiary/aromatic N) is 1. The number of halogens is 1. The van der Waals surface area contributed by atoms with Crippen LogP contribution in [0, 0.1) is 0 Å². The van der Waals surface area contributed by atoms with Crippen LogP contribution in [0.3, 0.4) is 0 Å². The molecule has 2 aromatic rings. The zero-order valence-corrected chi connectivity index (χ0v) is 17.2. The van der Waals surface area contributed by atoms with E-state index >= 15 is 0 Å². The van der Waals surface area contributed by atoms with E-state index in [1.807, 2.05) is 0 Å². The van der Waals surface area contributed by atoms with E-state index < -0.39 is 0 Å². The molecule has 1 aliphatic heterocycles. The molecule has 0 bridgehead atoms. The highest BCUT2D eigenvalue weighted by molar-refractivity contribution is 8.18. The van der Waals surface area contributed by atoms with Crippen LogP contribution < -0.4 is 14.8 Å². The van der Waals surface area contributed by atoms with E-state index in [1.165, 1.54) is 14.2 Å². The van der Waals surface area contributed by atoms with Crippen LogP contribution in [-0.4, -0.2) is 42.7 Å². The highest BCUT2D eigenvalue weighted by Crippen LogP contribution is 2.33.